The van der Waals surface area contributed by atoms with Gasteiger partial charge in [-0.2, -0.15) is 16.3 Å². The number of carbonyl (C=O) groups excluding carboxylic acids is 1. The molecular weight excluding hydrogens is 200 g/mol. The molecule has 0 saturated heterocycles. The molecule has 6 heteroatoms. The van der Waals surface area contributed by atoms with Crippen molar-refractivity contribution in [3.05, 3.63) is 28.2 Å². The Bertz CT molecular complexity index is 434. The topological polar surface area (TPSA) is 70.7 Å². The lowest BCUT2D eigenvalue weighted by atomic mass is 10.3. The smallest absolute Gasteiger partial charge is 0.258 e. The number of carbonyl (C=O) groups is 1. The van der Waals surface area contributed by atoms with E-state index in [9.17, 15) is 4.79 Å². The summed E-state index contributed by atoms with van der Waals surface area (Å²) in [5.41, 5.74) is 0.623. The molecule has 2 N–H and O–H groups in total. The van der Waals surface area contributed by atoms with Crippen LogP contribution in [0.3, 0.4) is 0 Å². The number of aromatic nitrogens is 3. The van der Waals surface area contributed by atoms with Crippen LogP contribution in [0.2, 0.25) is 0 Å². The minimum Gasteiger partial charge on any atom is -0.289 e. The molecule has 0 aromatic carbocycles. The van der Waals surface area contributed by atoms with Gasteiger partial charge in [0.25, 0.3) is 5.91 Å². The molecule has 1 amide bonds. The Kier molecular flexibility index (Phi) is 2.28. The van der Waals surface area contributed by atoms with E-state index in [4.69, 9.17) is 0 Å². The molecule has 0 bridgehead atoms. The Balaban J connectivity index is 2.09. The second-order valence-corrected chi connectivity index (χ2v) is 3.49. The Morgan fingerprint density at radius 3 is 3.07 bits per heavy atom. The summed E-state index contributed by atoms with van der Waals surface area (Å²) in [5, 5.41) is 12.6. The average Bonchev–Trinajstić information content (AvgIpc) is 2.75. The fourth-order valence-electron chi connectivity index (χ4n) is 0.966. The van der Waals surface area contributed by atoms with Crippen molar-refractivity contribution in [3.8, 4) is 0 Å². The number of aromatic amines is 1. The summed E-state index contributed by atoms with van der Waals surface area (Å²) in [4.78, 5) is 15.5. The van der Waals surface area contributed by atoms with Gasteiger partial charge in [0, 0.05) is 5.38 Å². The van der Waals surface area contributed by atoms with Crippen molar-refractivity contribution in [3.63, 3.8) is 0 Å². The van der Waals surface area contributed by atoms with Crippen LogP contribution in [-0.4, -0.2) is 21.1 Å². The van der Waals surface area contributed by atoms with E-state index in [2.05, 4.69) is 20.5 Å². The predicted octanol–water partition coefficient (Wildman–Crippen LogP) is 1.43. The van der Waals surface area contributed by atoms with Crippen LogP contribution < -0.4 is 5.32 Å². The van der Waals surface area contributed by atoms with Gasteiger partial charge in [-0.15, -0.1) is 5.10 Å². The minimum absolute atomic E-state index is 0.190. The first-order valence-electron chi connectivity index (χ1n) is 3.98. The van der Waals surface area contributed by atoms with Gasteiger partial charge in [-0.1, -0.05) is 0 Å². The Hall–Kier alpha value is -1.69. The monoisotopic (exact) mass is 208 g/mol. The minimum atomic E-state index is -0.190. The quantitative estimate of drug-likeness (QED) is 0.784. The third-order valence-electron chi connectivity index (χ3n) is 1.61. The van der Waals surface area contributed by atoms with Gasteiger partial charge in [0.05, 0.1) is 5.56 Å². The highest BCUT2D eigenvalue weighted by atomic mass is 32.1. The highest BCUT2D eigenvalue weighted by Crippen LogP contribution is 2.08. The maximum Gasteiger partial charge on any atom is 0.258 e. The maximum absolute atomic E-state index is 11.5. The van der Waals surface area contributed by atoms with Crippen molar-refractivity contribution < 1.29 is 4.79 Å². The summed E-state index contributed by atoms with van der Waals surface area (Å²) in [6.07, 6.45) is 0. The van der Waals surface area contributed by atoms with E-state index in [0.717, 1.165) is 0 Å². The summed E-state index contributed by atoms with van der Waals surface area (Å²) in [6.45, 7) is 1.77. The first-order chi connectivity index (χ1) is 6.75. The van der Waals surface area contributed by atoms with E-state index in [-0.39, 0.29) is 5.91 Å². The van der Waals surface area contributed by atoms with Gasteiger partial charge < -0.3 is 0 Å². The van der Waals surface area contributed by atoms with Crippen LogP contribution >= 0.6 is 11.3 Å². The first-order valence-corrected chi connectivity index (χ1v) is 4.92. The molecule has 72 valence electrons. The molecule has 0 unspecified atom stereocenters. The largest absolute Gasteiger partial charge is 0.289 e. The molecule has 0 aliphatic carbocycles. The molecule has 0 spiro atoms. The molecule has 5 nitrogen and oxygen atoms in total. The number of H-pyrrole nitrogens is 1. The highest BCUT2D eigenvalue weighted by molar-refractivity contribution is 7.08. The van der Waals surface area contributed by atoms with Crippen molar-refractivity contribution in [1.29, 1.82) is 0 Å². The van der Waals surface area contributed by atoms with Gasteiger partial charge in [0.2, 0.25) is 5.95 Å². The Morgan fingerprint density at radius 2 is 2.50 bits per heavy atom. The SMILES string of the molecule is Cc1nc(NC(=O)c2ccsc2)n[nH]1. The van der Waals surface area contributed by atoms with Crippen molar-refractivity contribution in [2.45, 2.75) is 6.92 Å². The lowest BCUT2D eigenvalue weighted by Gasteiger charge is -1.95. The van der Waals surface area contributed by atoms with E-state index in [1.54, 1.807) is 18.4 Å². The molecule has 14 heavy (non-hydrogen) atoms. The zero-order valence-corrected chi connectivity index (χ0v) is 8.26. The van der Waals surface area contributed by atoms with E-state index in [1.165, 1.54) is 11.3 Å². The molecule has 0 aliphatic rings. The first kappa shape index (κ1) is 8.89. The number of hydrogen-bond acceptors (Lipinski definition) is 4. The lowest BCUT2D eigenvalue weighted by molar-refractivity contribution is 0.102. The van der Waals surface area contributed by atoms with Gasteiger partial charge in [0.1, 0.15) is 5.82 Å². The number of amides is 1. The van der Waals surface area contributed by atoms with E-state index in [0.29, 0.717) is 17.3 Å². The van der Waals surface area contributed by atoms with Crippen LogP contribution in [-0.2, 0) is 0 Å². The lowest BCUT2D eigenvalue weighted by Crippen LogP contribution is -2.11. The van der Waals surface area contributed by atoms with Gasteiger partial charge in [0.15, 0.2) is 0 Å². The fraction of sp³-hybridized carbons (Fsp3) is 0.125. The molecule has 0 fully saturated rings. The summed E-state index contributed by atoms with van der Waals surface area (Å²) in [7, 11) is 0. The zero-order chi connectivity index (χ0) is 9.97. The van der Waals surface area contributed by atoms with Crippen LogP contribution in [0.5, 0.6) is 0 Å². The molecule has 0 saturated carbocycles. The molecular formula is C8H8N4OS. The summed E-state index contributed by atoms with van der Waals surface area (Å²) in [6, 6.07) is 1.75. The van der Waals surface area contributed by atoms with E-state index >= 15 is 0 Å². The van der Waals surface area contributed by atoms with Crippen molar-refractivity contribution >= 4 is 23.2 Å². The van der Waals surface area contributed by atoms with Crippen LogP contribution in [0.1, 0.15) is 16.2 Å². The van der Waals surface area contributed by atoms with Gasteiger partial charge in [-0.05, 0) is 18.4 Å². The molecule has 0 atom stereocenters. The maximum atomic E-state index is 11.5. The highest BCUT2D eigenvalue weighted by Gasteiger charge is 2.08. The van der Waals surface area contributed by atoms with Crippen molar-refractivity contribution in [1.82, 2.24) is 15.2 Å². The van der Waals surface area contributed by atoms with Gasteiger partial charge in [-0.3, -0.25) is 15.2 Å². The Morgan fingerprint density at radius 1 is 1.64 bits per heavy atom. The second kappa shape index (κ2) is 3.59. The van der Waals surface area contributed by atoms with Crippen molar-refractivity contribution in [2.24, 2.45) is 0 Å². The molecule has 0 aliphatic heterocycles. The van der Waals surface area contributed by atoms with Crippen molar-refractivity contribution in [2.75, 3.05) is 5.32 Å². The van der Waals surface area contributed by atoms with Crippen LogP contribution in [0.25, 0.3) is 0 Å². The zero-order valence-electron chi connectivity index (χ0n) is 7.44. The molecule has 2 aromatic rings. The van der Waals surface area contributed by atoms with E-state index < -0.39 is 0 Å². The number of anilines is 1. The van der Waals surface area contributed by atoms with Gasteiger partial charge >= 0.3 is 0 Å². The predicted molar refractivity (Wildman–Crippen MR) is 53.4 cm³/mol. The average molecular weight is 208 g/mol. The summed E-state index contributed by atoms with van der Waals surface area (Å²) >= 11 is 1.47. The molecule has 2 heterocycles. The van der Waals surface area contributed by atoms with Crippen LogP contribution in [0, 0.1) is 6.92 Å². The third kappa shape index (κ3) is 1.80. The standard InChI is InChI=1S/C8H8N4OS/c1-5-9-8(12-11-5)10-7(13)6-2-3-14-4-6/h2-4H,1H3,(H2,9,10,11,12,13). The summed E-state index contributed by atoms with van der Waals surface area (Å²) in [5.74, 6) is 0.787. The van der Waals surface area contributed by atoms with Crippen LogP contribution in [0.4, 0.5) is 5.95 Å². The molecule has 2 rings (SSSR count). The molecule has 2 aromatic heterocycles. The number of rotatable bonds is 2. The second-order valence-electron chi connectivity index (χ2n) is 2.71. The number of aryl methyl sites for hydroxylation is 1. The Labute approximate surface area is 84.2 Å². The summed E-state index contributed by atoms with van der Waals surface area (Å²) < 4.78 is 0. The normalized spacial score (nSPS) is 10.1. The number of nitrogens with zero attached hydrogens (tertiary/aromatic N) is 2. The number of hydrogen-bond donors (Lipinski definition) is 2. The number of nitrogens with one attached hydrogen (secondary N) is 2. The van der Waals surface area contributed by atoms with Crippen LogP contribution in [0.15, 0.2) is 16.8 Å². The third-order valence-corrected chi connectivity index (χ3v) is 2.29. The molecule has 0 radical (unpaired) electrons. The number of thiophene rings is 1. The van der Waals surface area contributed by atoms with E-state index in [1.807, 2.05) is 5.38 Å². The van der Waals surface area contributed by atoms with Gasteiger partial charge in [-0.25, -0.2) is 0 Å². The fourth-order valence-corrected chi connectivity index (χ4v) is 1.60.